The summed E-state index contributed by atoms with van der Waals surface area (Å²) in [4.78, 5) is 12.3. The zero-order valence-electron chi connectivity index (χ0n) is 15.7. The van der Waals surface area contributed by atoms with Gasteiger partial charge in [-0.3, -0.25) is 4.79 Å². The molecule has 1 fully saturated rings. The second-order valence-corrected chi connectivity index (χ2v) is 7.62. The first-order valence-electron chi connectivity index (χ1n) is 8.62. The molecule has 0 unspecified atom stereocenters. The van der Waals surface area contributed by atoms with Crippen molar-refractivity contribution in [3.05, 3.63) is 59.4 Å². The van der Waals surface area contributed by atoms with Crippen molar-refractivity contribution >= 4 is 24.2 Å². The highest BCUT2D eigenvalue weighted by atomic mass is 19.1. The number of amides is 1. The lowest BCUT2D eigenvalue weighted by Crippen LogP contribution is -2.41. The van der Waals surface area contributed by atoms with Crippen molar-refractivity contribution in [3.63, 3.8) is 0 Å². The average molecular weight is 355 g/mol. The maximum absolute atomic E-state index is 13.0. The summed E-state index contributed by atoms with van der Waals surface area (Å²) in [6.45, 7) is 10.0. The molecule has 3 rings (SSSR count). The van der Waals surface area contributed by atoms with Crippen LogP contribution in [0.5, 0.6) is 0 Å². The Morgan fingerprint density at radius 3 is 2.12 bits per heavy atom. The van der Waals surface area contributed by atoms with E-state index in [0.717, 1.165) is 11.0 Å². The van der Waals surface area contributed by atoms with Crippen LogP contribution in [0.15, 0.2) is 42.5 Å². The zero-order valence-corrected chi connectivity index (χ0v) is 15.7. The summed E-state index contributed by atoms with van der Waals surface area (Å²) in [6, 6.07) is 11.0. The lowest BCUT2D eigenvalue weighted by molar-refractivity contribution is 0.00578. The molecule has 0 spiro atoms. The molecule has 1 N–H and O–H groups in total. The Balaban J connectivity index is 1.76. The lowest BCUT2D eigenvalue weighted by Gasteiger charge is -2.32. The number of rotatable bonds is 3. The molecule has 1 saturated heterocycles. The van der Waals surface area contributed by atoms with E-state index < -0.39 is 18.3 Å². The number of aryl methyl sites for hydroxylation is 1. The van der Waals surface area contributed by atoms with Gasteiger partial charge in [-0.2, -0.15) is 0 Å². The van der Waals surface area contributed by atoms with Gasteiger partial charge >= 0.3 is 7.12 Å². The third-order valence-corrected chi connectivity index (χ3v) is 5.14. The van der Waals surface area contributed by atoms with E-state index in [0.29, 0.717) is 11.3 Å². The Morgan fingerprint density at radius 2 is 1.58 bits per heavy atom. The third-order valence-electron chi connectivity index (χ3n) is 5.14. The molecule has 1 aliphatic heterocycles. The summed E-state index contributed by atoms with van der Waals surface area (Å²) in [5.41, 5.74) is 2.15. The number of carbonyl (C=O) groups excluding carboxylic acids is 1. The minimum atomic E-state index is -0.443. The number of benzene rings is 2. The van der Waals surface area contributed by atoms with Crippen LogP contribution in [0.2, 0.25) is 0 Å². The van der Waals surface area contributed by atoms with Gasteiger partial charge in [-0.15, -0.1) is 0 Å². The Hall–Kier alpha value is -2.18. The fourth-order valence-electron chi connectivity index (χ4n) is 2.79. The van der Waals surface area contributed by atoms with Crippen LogP contribution in [0.3, 0.4) is 0 Å². The summed E-state index contributed by atoms with van der Waals surface area (Å²) in [5, 5.41) is 2.83. The van der Waals surface area contributed by atoms with E-state index in [4.69, 9.17) is 9.31 Å². The normalized spacial score (nSPS) is 18.0. The zero-order chi connectivity index (χ0) is 19.1. The fraction of sp³-hybridized carbons (Fsp3) is 0.350. The van der Waals surface area contributed by atoms with Gasteiger partial charge in [-0.25, -0.2) is 4.39 Å². The first-order chi connectivity index (χ1) is 12.1. The molecule has 0 bridgehead atoms. The van der Waals surface area contributed by atoms with Gasteiger partial charge in [0.05, 0.1) is 11.2 Å². The van der Waals surface area contributed by atoms with Gasteiger partial charge in [0.2, 0.25) is 0 Å². The second-order valence-electron chi connectivity index (χ2n) is 7.62. The minimum absolute atomic E-state index is 0.284. The second kappa shape index (κ2) is 6.52. The Morgan fingerprint density at radius 1 is 1.00 bits per heavy atom. The predicted octanol–water partition coefficient (Wildman–Crippen LogP) is 3.69. The lowest BCUT2D eigenvalue weighted by atomic mass is 9.76. The molecule has 26 heavy (non-hydrogen) atoms. The molecule has 1 aliphatic rings. The monoisotopic (exact) mass is 355 g/mol. The van der Waals surface area contributed by atoms with Crippen molar-refractivity contribution in [2.45, 2.75) is 45.8 Å². The molecular formula is C20H23BFNO3. The van der Waals surface area contributed by atoms with Crippen LogP contribution in [-0.4, -0.2) is 24.2 Å². The van der Waals surface area contributed by atoms with Crippen molar-refractivity contribution in [1.82, 2.24) is 0 Å². The van der Waals surface area contributed by atoms with E-state index in [-0.39, 0.29) is 11.7 Å². The quantitative estimate of drug-likeness (QED) is 0.855. The topological polar surface area (TPSA) is 47.6 Å². The maximum Gasteiger partial charge on any atom is 0.495 e. The van der Waals surface area contributed by atoms with Crippen molar-refractivity contribution in [1.29, 1.82) is 0 Å². The fourth-order valence-corrected chi connectivity index (χ4v) is 2.79. The molecule has 1 heterocycles. The molecule has 1 amide bonds. The molecule has 0 atom stereocenters. The van der Waals surface area contributed by atoms with Crippen LogP contribution in [0, 0.1) is 12.7 Å². The number of nitrogens with one attached hydrogen (secondary N) is 1. The number of carbonyl (C=O) groups is 1. The van der Waals surface area contributed by atoms with E-state index in [1.165, 1.54) is 24.3 Å². The van der Waals surface area contributed by atoms with E-state index in [2.05, 4.69) is 5.32 Å². The molecule has 6 heteroatoms. The highest BCUT2D eigenvalue weighted by molar-refractivity contribution is 6.62. The summed E-state index contributed by atoms with van der Waals surface area (Å²) in [6.07, 6.45) is 0. The Bertz CT molecular complexity index is 817. The Labute approximate surface area is 153 Å². The van der Waals surface area contributed by atoms with Crippen molar-refractivity contribution in [3.8, 4) is 0 Å². The van der Waals surface area contributed by atoms with Crippen LogP contribution >= 0.6 is 0 Å². The molecule has 0 aliphatic carbocycles. The number of hydrogen-bond donors (Lipinski definition) is 1. The van der Waals surface area contributed by atoms with Gasteiger partial charge < -0.3 is 14.6 Å². The van der Waals surface area contributed by atoms with Crippen LogP contribution in [0.25, 0.3) is 0 Å². The van der Waals surface area contributed by atoms with Crippen LogP contribution < -0.4 is 10.8 Å². The number of hydrogen-bond acceptors (Lipinski definition) is 3. The molecule has 136 valence electrons. The standard InChI is InChI=1S/C20H23BFNO3/c1-13-12-16(23-18(24)14-6-8-15(22)9-7-14)10-11-17(13)21-25-19(2,3)20(4,5)26-21/h6-12H,1-5H3,(H,23,24). The van der Waals surface area contributed by atoms with Crippen LogP contribution in [-0.2, 0) is 9.31 Å². The SMILES string of the molecule is Cc1cc(NC(=O)c2ccc(F)cc2)ccc1B1OC(C)(C)C(C)(C)O1. The van der Waals surface area contributed by atoms with Gasteiger partial charge in [0, 0.05) is 11.3 Å². The summed E-state index contributed by atoms with van der Waals surface area (Å²) >= 11 is 0. The average Bonchev–Trinajstić information content (AvgIpc) is 2.75. The highest BCUT2D eigenvalue weighted by Gasteiger charge is 2.52. The molecule has 2 aromatic rings. The van der Waals surface area contributed by atoms with Crippen molar-refractivity contribution in [2.75, 3.05) is 5.32 Å². The van der Waals surface area contributed by atoms with Crippen LogP contribution in [0.4, 0.5) is 10.1 Å². The first kappa shape index (κ1) is 18.6. The minimum Gasteiger partial charge on any atom is -0.399 e. The van der Waals surface area contributed by atoms with Crippen LogP contribution in [0.1, 0.15) is 43.6 Å². The molecule has 0 aromatic heterocycles. The molecular weight excluding hydrogens is 332 g/mol. The highest BCUT2D eigenvalue weighted by Crippen LogP contribution is 2.36. The number of halogens is 1. The molecule has 0 saturated carbocycles. The van der Waals surface area contributed by atoms with E-state index in [1.54, 1.807) is 0 Å². The smallest absolute Gasteiger partial charge is 0.399 e. The van der Waals surface area contributed by atoms with Gasteiger partial charge in [-0.05, 0) is 82.0 Å². The summed E-state index contributed by atoms with van der Waals surface area (Å²) in [5.74, 6) is -0.656. The molecule has 0 radical (unpaired) electrons. The predicted molar refractivity (Wildman–Crippen MR) is 101 cm³/mol. The summed E-state index contributed by atoms with van der Waals surface area (Å²) < 4.78 is 25.2. The summed E-state index contributed by atoms with van der Waals surface area (Å²) in [7, 11) is -0.443. The molecule has 2 aromatic carbocycles. The van der Waals surface area contributed by atoms with Gasteiger partial charge in [0.25, 0.3) is 5.91 Å². The van der Waals surface area contributed by atoms with Crippen molar-refractivity contribution < 1.29 is 18.5 Å². The van der Waals surface area contributed by atoms with E-state index in [9.17, 15) is 9.18 Å². The van der Waals surface area contributed by atoms with Crippen molar-refractivity contribution in [2.24, 2.45) is 0 Å². The third kappa shape index (κ3) is 3.52. The van der Waals surface area contributed by atoms with E-state index >= 15 is 0 Å². The van der Waals surface area contributed by atoms with Gasteiger partial charge in [0.15, 0.2) is 0 Å². The van der Waals surface area contributed by atoms with E-state index in [1.807, 2.05) is 52.8 Å². The number of anilines is 1. The maximum atomic E-state index is 13.0. The largest absolute Gasteiger partial charge is 0.495 e. The first-order valence-corrected chi connectivity index (χ1v) is 8.62. The molecule has 4 nitrogen and oxygen atoms in total. The van der Waals surface area contributed by atoms with Gasteiger partial charge in [-0.1, -0.05) is 6.07 Å². The Kier molecular flexibility index (Phi) is 4.67. The van der Waals surface area contributed by atoms with Gasteiger partial charge in [0.1, 0.15) is 5.82 Å².